The molecule has 0 unspecified atom stereocenters. The lowest BCUT2D eigenvalue weighted by atomic mass is 10.1. The molecule has 0 heterocycles. The summed E-state index contributed by atoms with van der Waals surface area (Å²) in [4.78, 5) is 26.5. The number of likely N-dealkylation sites (N-methyl/N-ethyl adjacent to an activating group) is 1. The first-order chi connectivity index (χ1) is 13.6. The Balaban J connectivity index is 2.34. The molecule has 156 valence electrons. The number of hydrogen-bond donors (Lipinski definition) is 1. The number of para-hydroxylation sites is 1. The van der Waals surface area contributed by atoms with E-state index in [1.165, 1.54) is 36.2 Å². The van der Waals surface area contributed by atoms with Gasteiger partial charge < -0.3 is 10.2 Å². The molecule has 29 heavy (non-hydrogen) atoms. The van der Waals surface area contributed by atoms with Crippen LogP contribution in [0.15, 0.2) is 54.6 Å². The van der Waals surface area contributed by atoms with Crippen LogP contribution >= 0.6 is 0 Å². The molecule has 1 atom stereocenters. The minimum Gasteiger partial charge on any atom is -0.357 e. The van der Waals surface area contributed by atoms with Gasteiger partial charge in [0.2, 0.25) is 21.8 Å². The van der Waals surface area contributed by atoms with E-state index in [0.29, 0.717) is 11.3 Å². The topological polar surface area (TPSA) is 86.8 Å². The number of hydrogen-bond acceptors (Lipinski definition) is 4. The van der Waals surface area contributed by atoms with E-state index in [0.717, 1.165) is 10.6 Å². The largest absolute Gasteiger partial charge is 0.357 e. The average molecular weight is 421 g/mol. The highest BCUT2D eigenvalue weighted by molar-refractivity contribution is 7.92. The summed E-state index contributed by atoms with van der Waals surface area (Å²) in [6.45, 7) is 1.11. The highest BCUT2D eigenvalue weighted by Crippen LogP contribution is 2.18. The molecule has 7 nitrogen and oxygen atoms in total. The molecular formula is C20H24FN3O4S. The van der Waals surface area contributed by atoms with Crippen molar-refractivity contribution in [2.45, 2.75) is 19.5 Å². The van der Waals surface area contributed by atoms with Crippen LogP contribution in [0.1, 0.15) is 12.5 Å². The molecule has 9 heteroatoms. The molecule has 1 N–H and O–H groups in total. The normalized spacial score (nSPS) is 12.1. The number of halogens is 1. The van der Waals surface area contributed by atoms with Crippen molar-refractivity contribution in [2.24, 2.45) is 0 Å². The highest BCUT2D eigenvalue weighted by Gasteiger charge is 2.29. The van der Waals surface area contributed by atoms with Crippen LogP contribution in [0.5, 0.6) is 0 Å². The van der Waals surface area contributed by atoms with Gasteiger partial charge in [-0.2, -0.15) is 0 Å². The van der Waals surface area contributed by atoms with E-state index in [2.05, 4.69) is 5.32 Å². The number of anilines is 1. The summed E-state index contributed by atoms with van der Waals surface area (Å²) in [5, 5.41) is 2.49. The Labute approximate surface area is 170 Å². The van der Waals surface area contributed by atoms with Crippen molar-refractivity contribution in [3.63, 3.8) is 0 Å². The van der Waals surface area contributed by atoms with Gasteiger partial charge in [-0.15, -0.1) is 0 Å². The Morgan fingerprint density at radius 2 is 1.66 bits per heavy atom. The molecule has 2 rings (SSSR count). The number of benzene rings is 2. The quantitative estimate of drug-likeness (QED) is 0.704. The summed E-state index contributed by atoms with van der Waals surface area (Å²) < 4.78 is 38.7. The second-order valence-corrected chi connectivity index (χ2v) is 8.45. The van der Waals surface area contributed by atoms with E-state index in [4.69, 9.17) is 0 Å². The van der Waals surface area contributed by atoms with Crippen LogP contribution in [-0.2, 0) is 26.2 Å². The van der Waals surface area contributed by atoms with Gasteiger partial charge in [-0.05, 0) is 36.8 Å². The van der Waals surface area contributed by atoms with Crippen molar-refractivity contribution in [1.82, 2.24) is 10.2 Å². The fourth-order valence-electron chi connectivity index (χ4n) is 2.79. The zero-order valence-electron chi connectivity index (χ0n) is 16.5. The van der Waals surface area contributed by atoms with Gasteiger partial charge in [0, 0.05) is 13.6 Å². The fraction of sp³-hybridized carbons (Fsp3) is 0.300. The van der Waals surface area contributed by atoms with Crippen LogP contribution in [0.4, 0.5) is 10.1 Å². The highest BCUT2D eigenvalue weighted by atomic mass is 32.2. The Hall–Kier alpha value is -2.94. The molecule has 0 saturated heterocycles. The van der Waals surface area contributed by atoms with E-state index in [1.807, 2.05) is 0 Å². The van der Waals surface area contributed by atoms with Crippen molar-refractivity contribution in [3.8, 4) is 0 Å². The molecule has 0 aromatic heterocycles. The monoisotopic (exact) mass is 421 g/mol. The van der Waals surface area contributed by atoms with Gasteiger partial charge in [0.25, 0.3) is 0 Å². The Bertz CT molecular complexity index is 949. The molecule has 0 fully saturated rings. The predicted octanol–water partition coefficient (Wildman–Crippen LogP) is 1.75. The average Bonchev–Trinajstić information content (AvgIpc) is 2.70. The Kier molecular flexibility index (Phi) is 7.33. The summed E-state index contributed by atoms with van der Waals surface area (Å²) in [6.07, 6.45) is 1.01. The molecule has 0 saturated carbocycles. The van der Waals surface area contributed by atoms with E-state index < -0.39 is 40.2 Å². The summed E-state index contributed by atoms with van der Waals surface area (Å²) >= 11 is 0. The van der Waals surface area contributed by atoms with Gasteiger partial charge in [-0.1, -0.05) is 30.3 Å². The van der Waals surface area contributed by atoms with Crippen molar-refractivity contribution in [2.75, 3.05) is 24.2 Å². The zero-order valence-corrected chi connectivity index (χ0v) is 17.3. The van der Waals surface area contributed by atoms with E-state index in [9.17, 15) is 22.4 Å². The molecule has 0 spiro atoms. The van der Waals surface area contributed by atoms with Crippen molar-refractivity contribution in [3.05, 3.63) is 66.0 Å². The lowest BCUT2D eigenvalue weighted by molar-refractivity contribution is -0.139. The van der Waals surface area contributed by atoms with Gasteiger partial charge in [0.05, 0.1) is 11.9 Å². The van der Waals surface area contributed by atoms with Crippen molar-refractivity contribution >= 4 is 27.5 Å². The van der Waals surface area contributed by atoms with Crippen LogP contribution < -0.4 is 9.62 Å². The summed E-state index contributed by atoms with van der Waals surface area (Å²) in [5.41, 5.74) is 0.957. The number of carbonyl (C=O) groups excluding carboxylic acids is 2. The summed E-state index contributed by atoms with van der Waals surface area (Å²) in [7, 11) is -2.29. The number of rotatable bonds is 8. The Morgan fingerprint density at radius 3 is 2.17 bits per heavy atom. The van der Waals surface area contributed by atoms with Crippen molar-refractivity contribution < 1.29 is 22.4 Å². The standard InChI is InChI=1S/C20H24FN3O4S/c1-15(20(26)22-2)23(13-16-9-11-17(21)12-10-16)19(25)14-24(29(3,27)28)18-7-5-4-6-8-18/h4-12,15H,13-14H2,1-3H3,(H,22,26)/t15-/m0/s1. The van der Waals surface area contributed by atoms with Crippen molar-refractivity contribution in [1.29, 1.82) is 0 Å². The molecule has 0 radical (unpaired) electrons. The van der Waals surface area contributed by atoms with Gasteiger partial charge in [0.1, 0.15) is 18.4 Å². The molecule has 2 aromatic rings. The summed E-state index contributed by atoms with van der Waals surface area (Å²) in [5.74, 6) is -1.37. The minimum atomic E-state index is -3.74. The van der Waals surface area contributed by atoms with Gasteiger partial charge >= 0.3 is 0 Å². The van der Waals surface area contributed by atoms with Gasteiger partial charge in [-0.3, -0.25) is 13.9 Å². The Morgan fingerprint density at radius 1 is 1.07 bits per heavy atom. The third-order valence-corrected chi connectivity index (χ3v) is 5.54. The zero-order chi connectivity index (χ0) is 21.6. The van der Waals surface area contributed by atoms with Gasteiger partial charge in [0.15, 0.2) is 0 Å². The third-order valence-electron chi connectivity index (χ3n) is 4.40. The molecule has 0 aliphatic rings. The number of nitrogens with zero attached hydrogens (tertiary/aromatic N) is 2. The minimum absolute atomic E-state index is 0.0279. The predicted molar refractivity (Wildman–Crippen MR) is 109 cm³/mol. The summed E-state index contributed by atoms with van der Waals surface area (Å²) in [6, 6.07) is 12.9. The molecule has 0 bridgehead atoms. The maximum atomic E-state index is 13.2. The molecule has 2 aromatic carbocycles. The third kappa shape index (κ3) is 6.02. The van der Waals surface area contributed by atoms with E-state index in [-0.39, 0.29) is 6.54 Å². The second kappa shape index (κ2) is 9.51. The number of nitrogens with one attached hydrogen (secondary N) is 1. The van der Waals surface area contributed by atoms with E-state index >= 15 is 0 Å². The SMILES string of the molecule is CNC(=O)[C@H](C)N(Cc1ccc(F)cc1)C(=O)CN(c1ccccc1)S(C)(=O)=O. The van der Waals surface area contributed by atoms with Crippen LogP contribution in [0, 0.1) is 5.82 Å². The molecule has 0 aliphatic heterocycles. The number of amides is 2. The second-order valence-electron chi connectivity index (χ2n) is 6.54. The smallest absolute Gasteiger partial charge is 0.244 e. The van der Waals surface area contributed by atoms with Crippen LogP contribution in [-0.4, -0.2) is 51.0 Å². The molecular weight excluding hydrogens is 397 g/mol. The maximum absolute atomic E-state index is 13.2. The van der Waals surface area contributed by atoms with Crippen LogP contribution in [0.3, 0.4) is 0 Å². The molecule has 0 aliphatic carbocycles. The first kappa shape index (κ1) is 22.4. The lowest BCUT2D eigenvalue weighted by Crippen LogP contribution is -2.50. The fourth-order valence-corrected chi connectivity index (χ4v) is 3.64. The van der Waals surface area contributed by atoms with Crippen LogP contribution in [0.25, 0.3) is 0 Å². The first-order valence-electron chi connectivity index (χ1n) is 8.91. The first-order valence-corrected chi connectivity index (χ1v) is 10.8. The number of sulfonamides is 1. The maximum Gasteiger partial charge on any atom is 0.244 e. The lowest BCUT2D eigenvalue weighted by Gasteiger charge is -2.31. The number of carbonyl (C=O) groups is 2. The van der Waals surface area contributed by atoms with E-state index in [1.54, 1.807) is 37.3 Å². The molecule has 2 amide bonds. The van der Waals surface area contributed by atoms with Gasteiger partial charge in [-0.25, -0.2) is 12.8 Å². The van der Waals surface area contributed by atoms with Crippen LogP contribution in [0.2, 0.25) is 0 Å².